The largest absolute Gasteiger partial charge is 0.444 e. The van der Waals surface area contributed by atoms with E-state index in [1.807, 2.05) is 6.92 Å². The first kappa shape index (κ1) is 14.7. The quantitative estimate of drug-likeness (QED) is 0.796. The molecule has 2 amide bonds. The fourth-order valence-electron chi connectivity index (χ4n) is 1.10. The Labute approximate surface area is 97.1 Å². The molecule has 0 saturated carbocycles. The van der Waals surface area contributed by atoms with Crippen LogP contribution in [0.4, 0.5) is 4.79 Å². The Morgan fingerprint density at radius 1 is 1.31 bits per heavy atom. The van der Waals surface area contributed by atoms with Gasteiger partial charge in [0.1, 0.15) is 11.6 Å². The summed E-state index contributed by atoms with van der Waals surface area (Å²) in [6.45, 7) is 7.17. The molecule has 0 aliphatic rings. The molecule has 1 atom stereocenters. The first-order valence-corrected chi connectivity index (χ1v) is 5.38. The third-order valence-electron chi connectivity index (χ3n) is 1.84. The topological polar surface area (TPSA) is 58.6 Å². The first-order chi connectivity index (χ1) is 7.17. The van der Waals surface area contributed by atoms with Crippen molar-refractivity contribution in [3.63, 3.8) is 0 Å². The van der Waals surface area contributed by atoms with Gasteiger partial charge in [0.15, 0.2) is 0 Å². The number of nitrogens with one attached hydrogen (secondary N) is 1. The van der Waals surface area contributed by atoms with Gasteiger partial charge in [-0.3, -0.25) is 4.79 Å². The maximum absolute atomic E-state index is 11.6. The van der Waals surface area contributed by atoms with Gasteiger partial charge in [-0.15, -0.1) is 0 Å². The third-order valence-corrected chi connectivity index (χ3v) is 1.84. The SMILES string of the molecule is CC[C@H](NC(=O)OC(C)(C)C)C(=O)N(C)C. The molecule has 0 aromatic carbocycles. The van der Waals surface area contributed by atoms with Crippen LogP contribution in [0.5, 0.6) is 0 Å². The van der Waals surface area contributed by atoms with E-state index in [2.05, 4.69) is 5.32 Å². The van der Waals surface area contributed by atoms with Gasteiger partial charge in [-0.1, -0.05) is 6.92 Å². The highest BCUT2D eigenvalue weighted by Crippen LogP contribution is 2.07. The molecular weight excluding hydrogens is 208 g/mol. The summed E-state index contributed by atoms with van der Waals surface area (Å²) in [5, 5.41) is 2.55. The number of hydrogen-bond acceptors (Lipinski definition) is 3. The molecule has 16 heavy (non-hydrogen) atoms. The molecule has 0 spiro atoms. The Morgan fingerprint density at radius 3 is 2.12 bits per heavy atom. The van der Waals surface area contributed by atoms with Crippen LogP contribution in [-0.2, 0) is 9.53 Å². The summed E-state index contributed by atoms with van der Waals surface area (Å²) in [6, 6.07) is -0.523. The smallest absolute Gasteiger partial charge is 0.408 e. The molecule has 0 heterocycles. The minimum Gasteiger partial charge on any atom is -0.444 e. The van der Waals surface area contributed by atoms with Crippen molar-refractivity contribution in [3.05, 3.63) is 0 Å². The molecule has 1 N–H and O–H groups in total. The lowest BCUT2D eigenvalue weighted by Gasteiger charge is -2.24. The Hall–Kier alpha value is -1.26. The van der Waals surface area contributed by atoms with Crippen molar-refractivity contribution in [2.24, 2.45) is 0 Å². The van der Waals surface area contributed by atoms with Crippen LogP contribution in [0.1, 0.15) is 34.1 Å². The van der Waals surface area contributed by atoms with Crippen LogP contribution in [0.3, 0.4) is 0 Å². The maximum Gasteiger partial charge on any atom is 0.408 e. The lowest BCUT2D eigenvalue weighted by atomic mass is 10.2. The molecule has 0 bridgehead atoms. The number of ether oxygens (including phenoxy) is 1. The molecule has 5 nitrogen and oxygen atoms in total. The van der Waals surface area contributed by atoms with Gasteiger partial charge in [-0.05, 0) is 27.2 Å². The van der Waals surface area contributed by atoms with Crippen molar-refractivity contribution in [2.75, 3.05) is 14.1 Å². The van der Waals surface area contributed by atoms with Gasteiger partial charge >= 0.3 is 6.09 Å². The Bertz CT molecular complexity index is 256. The summed E-state index contributed by atoms with van der Waals surface area (Å²) in [5.74, 6) is -0.131. The minimum absolute atomic E-state index is 0.131. The second kappa shape index (κ2) is 5.72. The average molecular weight is 230 g/mol. The van der Waals surface area contributed by atoms with Crippen LogP contribution in [0.2, 0.25) is 0 Å². The highest BCUT2D eigenvalue weighted by atomic mass is 16.6. The van der Waals surface area contributed by atoms with Crippen molar-refractivity contribution in [2.45, 2.75) is 45.8 Å². The summed E-state index contributed by atoms with van der Waals surface area (Å²) in [4.78, 5) is 24.5. The molecular formula is C11H22N2O3. The van der Waals surface area contributed by atoms with Crippen molar-refractivity contribution < 1.29 is 14.3 Å². The van der Waals surface area contributed by atoms with E-state index in [1.54, 1.807) is 34.9 Å². The molecule has 0 aliphatic heterocycles. The molecule has 5 heteroatoms. The zero-order chi connectivity index (χ0) is 12.9. The highest BCUT2D eigenvalue weighted by molar-refractivity contribution is 5.85. The van der Waals surface area contributed by atoms with E-state index in [-0.39, 0.29) is 5.91 Å². The van der Waals surface area contributed by atoms with E-state index in [0.717, 1.165) is 0 Å². The standard InChI is InChI=1S/C11H22N2O3/c1-7-8(9(14)13(5)6)12-10(15)16-11(2,3)4/h8H,7H2,1-6H3,(H,12,15)/t8-/m0/s1. The molecule has 0 aromatic rings. The number of hydrogen-bond donors (Lipinski definition) is 1. The fraction of sp³-hybridized carbons (Fsp3) is 0.818. The van der Waals surface area contributed by atoms with E-state index in [9.17, 15) is 9.59 Å². The summed E-state index contributed by atoms with van der Waals surface area (Å²) in [5.41, 5.74) is -0.552. The molecule has 0 saturated heterocycles. The molecule has 94 valence electrons. The van der Waals surface area contributed by atoms with Crippen molar-refractivity contribution in [1.82, 2.24) is 10.2 Å². The van der Waals surface area contributed by atoms with Crippen LogP contribution in [0.15, 0.2) is 0 Å². The number of alkyl carbamates (subject to hydrolysis) is 1. The highest BCUT2D eigenvalue weighted by Gasteiger charge is 2.23. The van der Waals surface area contributed by atoms with Gasteiger partial charge in [0.2, 0.25) is 5.91 Å². The van der Waals surface area contributed by atoms with Gasteiger partial charge in [-0.25, -0.2) is 4.79 Å². The molecule has 0 aliphatic carbocycles. The number of nitrogens with zero attached hydrogens (tertiary/aromatic N) is 1. The molecule has 0 radical (unpaired) electrons. The lowest BCUT2D eigenvalue weighted by molar-refractivity contribution is -0.131. The summed E-state index contributed by atoms with van der Waals surface area (Å²) in [7, 11) is 3.31. The first-order valence-electron chi connectivity index (χ1n) is 5.38. The number of rotatable bonds is 3. The number of likely N-dealkylation sites (N-methyl/N-ethyl adjacent to an activating group) is 1. The van der Waals surface area contributed by atoms with E-state index in [0.29, 0.717) is 6.42 Å². The molecule has 0 rings (SSSR count). The van der Waals surface area contributed by atoms with Crippen LogP contribution in [-0.4, -0.2) is 42.6 Å². The normalized spacial score (nSPS) is 12.9. The summed E-state index contributed by atoms with van der Waals surface area (Å²) < 4.78 is 5.08. The van der Waals surface area contributed by atoms with Gasteiger partial charge < -0.3 is 15.0 Å². The van der Waals surface area contributed by atoms with E-state index in [4.69, 9.17) is 4.74 Å². The lowest BCUT2D eigenvalue weighted by Crippen LogP contribution is -2.47. The van der Waals surface area contributed by atoms with Crippen LogP contribution in [0, 0.1) is 0 Å². The second-order valence-electron chi connectivity index (χ2n) is 4.84. The van der Waals surface area contributed by atoms with Crippen molar-refractivity contribution in [3.8, 4) is 0 Å². The second-order valence-corrected chi connectivity index (χ2v) is 4.84. The van der Waals surface area contributed by atoms with Crippen molar-refractivity contribution in [1.29, 1.82) is 0 Å². The van der Waals surface area contributed by atoms with E-state index >= 15 is 0 Å². The van der Waals surface area contributed by atoms with Gasteiger partial charge in [0.25, 0.3) is 0 Å². The molecule has 0 aromatic heterocycles. The van der Waals surface area contributed by atoms with Crippen LogP contribution in [0.25, 0.3) is 0 Å². The third kappa shape index (κ3) is 5.58. The Kier molecular flexibility index (Phi) is 5.27. The molecule has 0 fully saturated rings. The zero-order valence-corrected chi connectivity index (χ0v) is 11.0. The van der Waals surface area contributed by atoms with E-state index < -0.39 is 17.7 Å². The molecule has 0 unspecified atom stereocenters. The summed E-state index contributed by atoms with van der Waals surface area (Å²) in [6.07, 6.45) is -0.0226. The van der Waals surface area contributed by atoms with Gasteiger partial charge in [0, 0.05) is 14.1 Å². The monoisotopic (exact) mass is 230 g/mol. The number of carbonyl (C=O) groups is 2. The summed E-state index contributed by atoms with van der Waals surface area (Å²) >= 11 is 0. The maximum atomic E-state index is 11.6. The minimum atomic E-state index is -0.561. The Balaban J connectivity index is 4.34. The fourth-order valence-corrected chi connectivity index (χ4v) is 1.10. The Morgan fingerprint density at radius 2 is 1.81 bits per heavy atom. The van der Waals surface area contributed by atoms with Gasteiger partial charge in [-0.2, -0.15) is 0 Å². The van der Waals surface area contributed by atoms with Crippen LogP contribution >= 0.6 is 0 Å². The number of carbonyl (C=O) groups excluding carboxylic acids is 2. The average Bonchev–Trinajstić information content (AvgIpc) is 2.09. The van der Waals surface area contributed by atoms with Gasteiger partial charge in [0.05, 0.1) is 0 Å². The number of amides is 2. The predicted molar refractivity (Wildman–Crippen MR) is 62.1 cm³/mol. The van der Waals surface area contributed by atoms with Crippen molar-refractivity contribution >= 4 is 12.0 Å². The predicted octanol–water partition coefficient (Wildman–Crippen LogP) is 1.38. The van der Waals surface area contributed by atoms with Crippen LogP contribution < -0.4 is 5.32 Å². The zero-order valence-electron chi connectivity index (χ0n) is 11.0. The van der Waals surface area contributed by atoms with E-state index in [1.165, 1.54) is 4.90 Å².